The number of carbonyl (C=O) groups is 3. The number of rotatable bonds is 6. The summed E-state index contributed by atoms with van der Waals surface area (Å²) in [5.74, 6) is -1.89. The third-order valence-electron chi connectivity index (χ3n) is 7.94. The van der Waals surface area contributed by atoms with Gasteiger partial charge in [0, 0.05) is 51.3 Å². The molecule has 0 bridgehead atoms. The van der Waals surface area contributed by atoms with Crippen molar-refractivity contribution in [2.75, 3.05) is 6.54 Å². The van der Waals surface area contributed by atoms with Crippen LogP contribution in [0.5, 0.6) is 5.75 Å². The molecule has 2 aliphatic carbocycles. The van der Waals surface area contributed by atoms with E-state index in [-0.39, 0.29) is 54.2 Å². The fourth-order valence-electron chi connectivity index (χ4n) is 6.41. The number of carbonyl (C=O) groups excluding carboxylic acids is 2. The summed E-state index contributed by atoms with van der Waals surface area (Å²) < 4.78 is 21.5. The standard InChI is InChI=1S/C32H32Br2FNO5/c1-31(2)11-22-28(24(37)13-31)27(29-23(36(22)15-26(39)40)12-32(3,4)14-25(29)38)20-9-18(33)10-21(34)30(20)41-16-17-6-5-7-19(35)8-17/h5-10,27H,11-16H2,1-4H3,(H,39,40). The van der Waals surface area contributed by atoms with Crippen molar-refractivity contribution in [3.63, 3.8) is 0 Å². The number of nitrogens with zero attached hydrogens (tertiary/aromatic N) is 1. The fourth-order valence-corrected chi connectivity index (χ4v) is 7.79. The summed E-state index contributed by atoms with van der Waals surface area (Å²) in [5.41, 5.74) is 2.74. The summed E-state index contributed by atoms with van der Waals surface area (Å²) in [7, 11) is 0. The largest absolute Gasteiger partial charge is 0.487 e. The Bertz CT molecular complexity index is 1490. The van der Waals surface area contributed by atoms with E-state index in [1.54, 1.807) is 17.0 Å². The molecule has 216 valence electrons. The molecule has 9 heteroatoms. The molecule has 41 heavy (non-hydrogen) atoms. The fraction of sp³-hybridized carbons (Fsp3) is 0.406. The summed E-state index contributed by atoms with van der Waals surface area (Å²) in [6.07, 6.45) is 1.55. The molecule has 3 aliphatic rings. The Labute approximate surface area is 255 Å². The number of carboxylic acids is 1. The summed E-state index contributed by atoms with van der Waals surface area (Å²) in [6.45, 7) is 7.76. The molecule has 0 fully saturated rings. The second-order valence-corrected chi connectivity index (χ2v) is 14.5. The van der Waals surface area contributed by atoms with Gasteiger partial charge in [-0.2, -0.15) is 0 Å². The van der Waals surface area contributed by atoms with E-state index in [1.165, 1.54) is 12.1 Å². The van der Waals surface area contributed by atoms with Crippen LogP contribution in [-0.4, -0.2) is 34.1 Å². The van der Waals surface area contributed by atoms with E-state index in [0.717, 1.165) is 4.47 Å². The molecule has 1 heterocycles. The lowest BCUT2D eigenvalue weighted by atomic mass is 9.63. The number of ether oxygens (including phenoxy) is 1. The monoisotopic (exact) mass is 687 g/mol. The van der Waals surface area contributed by atoms with Crippen molar-refractivity contribution in [3.05, 3.63) is 84.8 Å². The molecule has 0 aromatic heterocycles. The van der Waals surface area contributed by atoms with Crippen LogP contribution in [0.25, 0.3) is 0 Å². The third-order valence-corrected chi connectivity index (χ3v) is 8.98. The highest BCUT2D eigenvalue weighted by atomic mass is 79.9. The SMILES string of the molecule is CC1(C)CC(=O)C2=C(C1)N(CC(=O)O)C1=C(C(=O)CC(C)(C)C1)C2c1cc(Br)cc(Br)c1OCc1cccc(F)c1. The summed E-state index contributed by atoms with van der Waals surface area (Å²) in [5, 5.41) is 9.92. The van der Waals surface area contributed by atoms with Gasteiger partial charge >= 0.3 is 5.97 Å². The smallest absolute Gasteiger partial charge is 0.323 e. The Balaban J connectivity index is 1.75. The van der Waals surface area contributed by atoms with Crippen molar-refractivity contribution in [1.82, 2.24) is 4.90 Å². The molecule has 0 radical (unpaired) electrons. The Morgan fingerprint density at radius 1 is 0.976 bits per heavy atom. The first kappa shape index (κ1) is 29.7. The highest BCUT2D eigenvalue weighted by Gasteiger charge is 2.50. The first-order chi connectivity index (χ1) is 19.2. The molecule has 2 aromatic rings. The Hall–Kier alpha value is -2.78. The van der Waals surface area contributed by atoms with Crippen molar-refractivity contribution >= 4 is 49.4 Å². The van der Waals surface area contributed by atoms with E-state index in [0.29, 0.717) is 56.7 Å². The number of benzene rings is 2. The van der Waals surface area contributed by atoms with Crippen LogP contribution in [0.4, 0.5) is 4.39 Å². The van der Waals surface area contributed by atoms with E-state index < -0.39 is 11.9 Å². The molecule has 5 rings (SSSR count). The maximum atomic E-state index is 14.0. The lowest BCUT2D eigenvalue weighted by molar-refractivity contribution is -0.138. The maximum absolute atomic E-state index is 14.0. The number of allylic oxidation sites excluding steroid dienone is 4. The average Bonchev–Trinajstić information content (AvgIpc) is 2.82. The molecular formula is C32H32Br2FNO5. The van der Waals surface area contributed by atoms with Gasteiger partial charge in [-0.1, -0.05) is 55.8 Å². The van der Waals surface area contributed by atoms with Gasteiger partial charge in [0.2, 0.25) is 0 Å². The number of ketones is 2. The van der Waals surface area contributed by atoms with Crippen molar-refractivity contribution < 1.29 is 28.6 Å². The predicted molar refractivity (Wildman–Crippen MR) is 160 cm³/mol. The molecule has 0 atom stereocenters. The quantitative estimate of drug-likeness (QED) is 0.335. The predicted octanol–water partition coefficient (Wildman–Crippen LogP) is 7.70. The molecular weight excluding hydrogens is 657 g/mol. The normalized spacial score (nSPS) is 20.2. The zero-order chi connectivity index (χ0) is 29.9. The van der Waals surface area contributed by atoms with Crippen molar-refractivity contribution in [2.24, 2.45) is 10.8 Å². The number of Topliss-reactive ketones (excluding diaryl/α,β-unsaturated/α-hetero) is 2. The number of aliphatic carboxylic acids is 1. The van der Waals surface area contributed by atoms with Gasteiger partial charge in [0.05, 0.1) is 4.47 Å². The maximum Gasteiger partial charge on any atom is 0.323 e. The van der Waals surface area contributed by atoms with Gasteiger partial charge in [-0.3, -0.25) is 14.4 Å². The Morgan fingerprint density at radius 3 is 2.10 bits per heavy atom. The van der Waals surface area contributed by atoms with Gasteiger partial charge in [0.25, 0.3) is 0 Å². The summed E-state index contributed by atoms with van der Waals surface area (Å²) in [4.78, 5) is 41.8. The molecule has 1 aliphatic heterocycles. The topological polar surface area (TPSA) is 83.9 Å². The van der Waals surface area contributed by atoms with Gasteiger partial charge in [-0.25, -0.2) is 4.39 Å². The second kappa shape index (κ2) is 10.8. The number of hydrogen-bond donors (Lipinski definition) is 1. The second-order valence-electron chi connectivity index (χ2n) is 12.7. The molecule has 6 nitrogen and oxygen atoms in total. The van der Waals surface area contributed by atoms with Gasteiger partial charge in [-0.05, 0) is 69.4 Å². The lowest BCUT2D eigenvalue weighted by Gasteiger charge is -2.48. The van der Waals surface area contributed by atoms with Crippen LogP contribution >= 0.6 is 31.9 Å². The molecule has 2 aromatic carbocycles. The van der Waals surface area contributed by atoms with Crippen LogP contribution in [0.3, 0.4) is 0 Å². The number of carboxylic acid groups (broad SMARTS) is 1. The highest BCUT2D eigenvalue weighted by molar-refractivity contribution is 9.11. The average molecular weight is 689 g/mol. The van der Waals surface area contributed by atoms with Gasteiger partial charge < -0.3 is 14.7 Å². The molecule has 0 saturated carbocycles. The molecule has 0 spiro atoms. The Morgan fingerprint density at radius 2 is 1.56 bits per heavy atom. The molecule has 0 amide bonds. The number of hydrogen-bond acceptors (Lipinski definition) is 5. The van der Waals surface area contributed by atoms with E-state index in [4.69, 9.17) is 4.74 Å². The van der Waals surface area contributed by atoms with E-state index in [2.05, 4.69) is 31.9 Å². The van der Waals surface area contributed by atoms with Crippen molar-refractivity contribution in [2.45, 2.75) is 65.9 Å². The molecule has 1 N–H and O–H groups in total. The van der Waals surface area contributed by atoms with Gasteiger partial charge in [0.15, 0.2) is 11.6 Å². The summed E-state index contributed by atoms with van der Waals surface area (Å²) in [6, 6.07) is 9.83. The lowest BCUT2D eigenvalue weighted by Crippen LogP contribution is -2.45. The van der Waals surface area contributed by atoms with Crippen LogP contribution in [0.2, 0.25) is 0 Å². The van der Waals surface area contributed by atoms with E-state index in [9.17, 15) is 23.9 Å². The molecule has 0 unspecified atom stereocenters. The number of halogens is 3. The third kappa shape index (κ3) is 5.93. The van der Waals surface area contributed by atoms with Gasteiger partial charge in [-0.15, -0.1) is 0 Å². The van der Waals surface area contributed by atoms with Crippen LogP contribution in [0, 0.1) is 16.6 Å². The van der Waals surface area contributed by atoms with Crippen LogP contribution < -0.4 is 4.74 Å². The Kier molecular flexibility index (Phi) is 7.83. The first-order valence-corrected chi connectivity index (χ1v) is 15.1. The minimum atomic E-state index is -1.03. The van der Waals surface area contributed by atoms with Crippen LogP contribution in [0.15, 0.2) is 67.9 Å². The van der Waals surface area contributed by atoms with Crippen LogP contribution in [-0.2, 0) is 21.0 Å². The van der Waals surface area contributed by atoms with E-state index >= 15 is 0 Å². The van der Waals surface area contributed by atoms with Crippen molar-refractivity contribution in [1.29, 1.82) is 0 Å². The van der Waals surface area contributed by atoms with Gasteiger partial charge in [0.1, 0.15) is 24.7 Å². The minimum absolute atomic E-state index is 0.0720. The van der Waals surface area contributed by atoms with Crippen molar-refractivity contribution in [3.8, 4) is 5.75 Å². The molecule has 0 saturated heterocycles. The van der Waals surface area contributed by atoms with Crippen LogP contribution in [0.1, 0.15) is 70.4 Å². The highest BCUT2D eigenvalue weighted by Crippen LogP contribution is 2.56. The van der Waals surface area contributed by atoms with E-state index in [1.807, 2.05) is 39.8 Å². The summed E-state index contributed by atoms with van der Waals surface area (Å²) >= 11 is 7.20. The minimum Gasteiger partial charge on any atom is -0.487 e. The first-order valence-electron chi connectivity index (χ1n) is 13.5. The zero-order valence-electron chi connectivity index (χ0n) is 23.4. The zero-order valence-corrected chi connectivity index (χ0v) is 26.6.